The third-order valence-electron chi connectivity index (χ3n) is 6.21. The summed E-state index contributed by atoms with van der Waals surface area (Å²) in [5, 5.41) is 5.02. The highest BCUT2D eigenvalue weighted by molar-refractivity contribution is 6.31. The summed E-state index contributed by atoms with van der Waals surface area (Å²) in [5.74, 6) is 1.44. The fourth-order valence-corrected chi connectivity index (χ4v) is 5.00. The standard InChI is InChI=1S/C20H26ClN3O/c21-16-4-5-18-17(10-16)14(11-24-18)6-7-23-20(25)15-8-12-2-1-3-13(9-15)19(12)22/h4-5,10-13,15,19,24H,1-3,6-9,22H2,(H,23,25). The molecule has 4 N–H and O–H groups in total. The van der Waals surface area contributed by atoms with Gasteiger partial charge in [-0.15, -0.1) is 0 Å². The molecule has 0 radical (unpaired) electrons. The molecule has 134 valence electrons. The number of hydrogen-bond donors (Lipinski definition) is 3. The number of rotatable bonds is 4. The van der Waals surface area contributed by atoms with Gasteiger partial charge in [0.15, 0.2) is 0 Å². The Balaban J connectivity index is 1.34. The monoisotopic (exact) mass is 359 g/mol. The number of carbonyl (C=O) groups is 1. The molecule has 1 amide bonds. The molecule has 4 nitrogen and oxygen atoms in total. The number of nitrogens with two attached hydrogens (primary N) is 1. The smallest absolute Gasteiger partial charge is 0.223 e. The van der Waals surface area contributed by atoms with Crippen LogP contribution in [0.3, 0.4) is 0 Å². The van der Waals surface area contributed by atoms with Gasteiger partial charge in [-0.3, -0.25) is 4.79 Å². The fourth-order valence-electron chi connectivity index (χ4n) is 4.83. The Kier molecular flexibility index (Phi) is 4.74. The molecular formula is C20H26ClN3O. The lowest BCUT2D eigenvalue weighted by Gasteiger charge is -2.43. The normalized spacial score (nSPS) is 28.9. The molecule has 1 heterocycles. The SMILES string of the molecule is NC1C2CCCC1CC(C(=O)NCCc1c[nH]c3ccc(Cl)cc13)C2. The molecule has 2 saturated carbocycles. The predicted octanol–water partition coefficient (Wildman–Crippen LogP) is 3.63. The van der Waals surface area contributed by atoms with E-state index < -0.39 is 0 Å². The van der Waals surface area contributed by atoms with Gasteiger partial charge in [0.2, 0.25) is 5.91 Å². The molecule has 25 heavy (non-hydrogen) atoms. The summed E-state index contributed by atoms with van der Waals surface area (Å²) < 4.78 is 0. The maximum Gasteiger partial charge on any atom is 0.223 e. The summed E-state index contributed by atoms with van der Waals surface area (Å²) in [7, 11) is 0. The Morgan fingerprint density at radius 2 is 2.04 bits per heavy atom. The van der Waals surface area contributed by atoms with Crippen molar-refractivity contribution in [3.8, 4) is 0 Å². The van der Waals surface area contributed by atoms with Gasteiger partial charge in [-0.05, 0) is 67.7 Å². The second-order valence-electron chi connectivity index (χ2n) is 7.74. The topological polar surface area (TPSA) is 70.9 Å². The minimum Gasteiger partial charge on any atom is -0.361 e. The molecular weight excluding hydrogens is 334 g/mol. The van der Waals surface area contributed by atoms with Gasteiger partial charge in [0.05, 0.1) is 0 Å². The summed E-state index contributed by atoms with van der Waals surface area (Å²) in [6.45, 7) is 0.663. The fraction of sp³-hybridized carbons (Fsp3) is 0.550. The maximum atomic E-state index is 12.6. The molecule has 0 spiro atoms. The molecule has 2 atom stereocenters. The summed E-state index contributed by atoms with van der Waals surface area (Å²) in [4.78, 5) is 15.9. The maximum absolute atomic E-state index is 12.6. The number of carbonyl (C=O) groups excluding carboxylic acids is 1. The third kappa shape index (κ3) is 3.42. The van der Waals surface area contributed by atoms with Crippen molar-refractivity contribution >= 4 is 28.4 Å². The second kappa shape index (κ2) is 7.00. The van der Waals surface area contributed by atoms with E-state index in [1.165, 1.54) is 24.8 Å². The number of fused-ring (bicyclic) bond motifs is 3. The third-order valence-corrected chi connectivity index (χ3v) is 6.44. The van der Waals surface area contributed by atoms with Crippen LogP contribution in [0.2, 0.25) is 5.02 Å². The lowest BCUT2D eigenvalue weighted by molar-refractivity contribution is -0.127. The number of benzene rings is 1. The summed E-state index contributed by atoms with van der Waals surface area (Å²) in [6, 6.07) is 6.17. The molecule has 2 unspecified atom stereocenters. The van der Waals surface area contributed by atoms with Crippen molar-refractivity contribution in [2.24, 2.45) is 23.5 Å². The van der Waals surface area contributed by atoms with Crippen molar-refractivity contribution in [2.45, 2.75) is 44.6 Å². The molecule has 4 rings (SSSR count). The number of H-pyrrole nitrogens is 1. The average Bonchev–Trinajstić information content (AvgIpc) is 2.97. The molecule has 5 heteroatoms. The van der Waals surface area contributed by atoms with E-state index in [0.717, 1.165) is 35.2 Å². The predicted molar refractivity (Wildman–Crippen MR) is 102 cm³/mol. The summed E-state index contributed by atoms with van der Waals surface area (Å²) >= 11 is 6.10. The van der Waals surface area contributed by atoms with Crippen LogP contribution in [0, 0.1) is 17.8 Å². The van der Waals surface area contributed by atoms with Crippen LogP contribution in [0.5, 0.6) is 0 Å². The Bertz CT molecular complexity index is 757. The van der Waals surface area contributed by atoms with Gasteiger partial charge in [0.25, 0.3) is 0 Å². The van der Waals surface area contributed by atoms with Gasteiger partial charge in [0, 0.05) is 40.6 Å². The van der Waals surface area contributed by atoms with E-state index in [2.05, 4.69) is 10.3 Å². The zero-order valence-corrected chi connectivity index (χ0v) is 15.2. The van der Waals surface area contributed by atoms with Gasteiger partial charge in [0.1, 0.15) is 0 Å². The van der Waals surface area contributed by atoms with Crippen LogP contribution in [-0.2, 0) is 11.2 Å². The Morgan fingerprint density at radius 3 is 2.80 bits per heavy atom. The first-order valence-electron chi connectivity index (χ1n) is 9.40. The highest BCUT2D eigenvalue weighted by Crippen LogP contribution is 2.41. The van der Waals surface area contributed by atoms with Crippen molar-refractivity contribution in [3.05, 3.63) is 35.0 Å². The van der Waals surface area contributed by atoms with Crippen LogP contribution in [0.4, 0.5) is 0 Å². The minimum atomic E-state index is 0.146. The van der Waals surface area contributed by atoms with E-state index in [0.29, 0.717) is 24.4 Å². The van der Waals surface area contributed by atoms with Crippen molar-refractivity contribution in [2.75, 3.05) is 6.54 Å². The second-order valence-corrected chi connectivity index (χ2v) is 8.18. The first-order chi connectivity index (χ1) is 12.1. The van der Waals surface area contributed by atoms with Crippen LogP contribution in [0.25, 0.3) is 10.9 Å². The minimum absolute atomic E-state index is 0.146. The van der Waals surface area contributed by atoms with Crippen LogP contribution >= 0.6 is 11.6 Å². The summed E-state index contributed by atoms with van der Waals surface area (Å²) in [5.41, 5.74) is 8.61. The first-order valence-corrected chi connectivity index (χ1v) is 9.78. The van der Waals surface area contributed by atoms with E-state index in [4.69, 9.17) is 17.3 Å². The van der Waals surface area contributed by atoms with Gasteiger partial charge < -0.3 is 16.0 Å². The molecule has 2 bridgehead atoms. The molecule has 2 aliphatic carbocycles. The van der Waals surface area contributed by atoms with Crippen molar-refractivity contribution in [1.82, 2.24) is 10.3 Å². The Hall–Kier alpha value is -1.52. The van der Waals surface area contributed by atoms with Crippen LogP contribution < -0.4 is 11.1 Å². The first kappa shape index (κ1) is 16.9. The molecule has 0 saturated heterocycles. The highest BCUT2D eigenvalue weighted by atomic mass is 35.5. The van der Waals surface area contributed by atoms with Crippen molar-refractivity contribution < 1.29 is 4.79 Å². The molecule has 1 aromatic carbocycles. The number of amides is 1. The number of aromatic nitrogens is 1. The lowest BCUT2D eigenvalue weighted by atomic mass is 9.65. The van der Waals surface area contributed by atoms with Gasteiger partial charge in [-0.1, -0.05) is 18.0 Å². The quantitative estimate of drug-likeness (QED) is 0.780. The largest absolute Gasteiger partial charge is 0.361 e. The van der Waals surface area contributed by atoms with Crippen LogP contribution in [-0.4, -0.2) is 23.5 Å². The molecule has 2 aromatic rings. The van der Waals surface area contributed by atoms with Crippen LogP contribution in [0.15, 0.2) is 24.4 Å². The van der Waals surface area contributed by atoms with Crippen molar-refractivity contribution in [1.29, 1.82) is 0 Å². The highest BCUT2D eigenvalue weighted by Gasteiger charge is 2.40. The van der Waals surface area contributed by atoms with Gasteiger partial charge >= 0.3 is 0 Å². The Morgan fingerprint density at radius 1 is 1.28 bits per heavy atom. The summed E-state index contributed by atoms with van der Waals surface area (Å²) in [6.07, 6.45) is 8.41. The Labute approximate surface area is 153 Å². The number of hydrogen-bond acceptors (Lipinski definition) is 2. The molecule has 0 aliphatic heterocycles. The van der Waals surface area contributed by atoms with E-state index >= 15 is 0 Å². The van der Waals surface area contributed by atoms with E-state index in [9.17, 15) is 4.79 Å². The van der Waals surface area contributed by atoms with E-state index in [1.54, 1.807) is 0 Å². The average molecular weight is 360 g/mol. The lowest BCUT2D eigenvalue weighted by Crippen LogP contribution is -2.49. The zero-order chi connectivity index (χ0) is 17.4. The molecule has 2 aliphatic rings. The molecule has 1 aromatic heterocycles. The number of nitrogens with one attached hydrogen (secondary N) is 2. The van der Waals surface area contributed by atoms with Crippen molar-refractivity contribution in [3.63, 3.8) is 0 Å². The van der Waals surface area contributed by atoms with Gasteiger partial charge in [-0.2, -0.15) is 0 Å². The number of aromatic amines is 1. The van der Waals surface area contributed by atoms with Gasteiger partial charge in [-0.25, -0.2) is 0 Å². The van der Waals surface area contributed by atoms with Crippen LogP contribution in [0.1, 0.15) is 37.7 Å². The van der Waals surface area contributed by atoms with E-state index in [1.807, 2.05) is 24.4 Å². The number of halogens is 1. The zero-order valence-electron chi connectivity index (χ0n) is 14.4. The van der Waals surface area contributed by atoms with E-state index in [-0.39, 0.29) is 11.8 Å². The molecule has 2 fully saturated rings.